The van der Waals surface area contributed by atoms with E-state index in [4.69, 9.17) is 4.74 Å². The molecule has 0 spiro atoms. The molecule has 2 N–H and O–H groups in total. The molecule has 1 aliphatic carbocycles. The van der Waals surface area contributed by atoms with Crippen LogP contribution in [0, 0.1) is 0 Å². The van der Waals surface area contributed by atoms with Gasteiger partial charge in [0.05, 0.1) is 0 Å². The molecular weight excluding hydrogens is 308 g/mol. The van der Waals surface area contributed by atoms with Crippen LogP contribution in [0.15, 0.2) is 48.8 Å². The lowest BCUT2D eigenvalue weighted by molar-refractivity contribution is -0.146. The van der Waals surface area contributed by atoms with Gasteiger partial charge >= 0.3 is 12.1 Å². The molecule has 0 fully saturated rings. The monoisotopic (exact) mass is 326 g/mol. The highest BCUT2D eigenvalue weighted by Gasteiger charge is 2.45. The number of aryl methyl sites for hydroxylation is 1. The van der Waals surface area contributed by atoms with E-state index in [0.29, 0.717) is 18.4 Å². The molecular formula is C18H18N2O4. The SMILES string of the molecule is O=C(NC1(C(=O)O)CCCc2cnccc21)OCc1ccccc1. The molecule has 0 saturated carbocycles. The quantitative estimate of drug-likeness (QED) is 0.901. The minimum Gasteiger partial charge on any atom is -0.479 e. The van der Waals surface area contributed by atoms with Gasteiger partial charge in [0.15, 0.2) is 5.54 Å². The van der Waals surface area contributed by atoms with Crippen molar-refractivity contribution in [3.63, 3.8) is 0 Å². The summed E-state index contributed by atoms with van der Waals surface area (Å²) in [5, 5.41) is 12.3. The van der Waals surface area contributed by atoms with Crippen molar-refractivity contribution in [3.05, 3.63) is 65.5 Å². The molecule has 1 heterocycles. The van der Waals surface area contributed by atoms with Gasteiger partial charge in [0, 0.05) is 12.4 Å². The van der Waals surface area contributed by atoms with E-state index in [2.05, 4.69) is 10.3 Å². The zero-order chi connectivity index (χ0) is 17.0. The number of fused-ring (bicyclic) bond motifs is 1. The van der Waals surface area contributed by atoms with Crippen molar-refractivity contribution in [1.82, 2.24) is 10.3 Å². The van der Waals surface area contributed by atoms with E-state index in [-0.39, 0.29) is 6.61 Å². The zero-order valence-corrected chi connectivity index (χ0v) is 13.1. The number of aliphatic carboxylic acids is 1. The average Bonchev–Trinajstić information content (AvgIpc) is 2.61. The molecule has 1 aromatic heterocycles. The summed E-state index contributed by atoms with van der Waals surface area (Å²) in [5.74, 6) is -1.09. The first kappa shape index (κ1) is 16.0. The van der Waals surface area contributed by atoms with Crippen LogP contribution in [0.1, 0.15) is 29.5 Å². The number of carboxylic acids is 1. The Bertz CT molecular complexity index is 748. The molecule has 0 aliphatic heterocycles. The number of carbonyl (C=O) groups is 2. The van der Waals surface area contributed by atoms with Gasteiger partial charge in [-0.2, -0.15) is 0 Å². The molecule has 1 atom stereocenters. The van der Waals surface area contributed by atoms with Crippen molar-refractivity contribution in [1.29, 1.82) is 0 Å². The number of hydrogen-bond donors (Lipinski definition) is 2. The maximum atomic E-state index is 12.2. The van der Waals surface area contributed by atoms with Crippen molar-refractivity contribution in [3.8, 4) is 0 Å². The van der Waals surface area contributed by atoms with Crippen LogP contribution in [0.4, 0.5) is 4.79 Å². The number of pyridine rings is 1. The summed E-state index contributed by atoms with van der Waals surface area (Å²) in [6, 6.07) is 10.9. The lowest BCUT2D eigenvalue weighted by Crippen LogP contribution is -2.53. The third-order valence-electron chi connectivity index (χ3n) is 4.25. The Morgan fingerprint density at radius 3 is 2.79 bits per heavy atom. The molecule has 6 nitrogen and oxygen atoms in total. The number of carboxylic acid groups (broad SMARTS) is 1. The van der Waals surface area contributed by atoms with Crippen LogP contribution < -0.4 is 5.32 Å². The van der Waals surface area contributed by atoms with Gasteiger partial charge in [-0.25, -0.2) is 9.59 Å². The number of alkyl carbamates (subject to hydrolysis) is 1. The maximum absolute atomic E-state index is 12.2. The first-order valence-corrected chi connectivity index (χ1v) is 7.77. The average molecular weight is 326 g/mol. The smallest absolute Gasteiger partial charge is 0.408 e. The molecule has 3 rings (SSSR count). The Labute approximate surface area is 139 Å². The molecule has 0 bridgehead atoms. The molecule has 124 valence electrons. The van der Waals surface area contributed by atoms with E-state index in [1.807, 2.05) is 30.3 Å². The van der Waals surface area contributed by atoms with Crippen molar-refractivity contribution >= 4 is 12.1 Å². The van der Waals surface area contributed by atoms with Gasteiger partial charge in [0.25, 0.3) is 0 Å². The van der Waals surface area contributed by atoms with Gasteiger partial charge in [-0.05, 0) is 42.0 Å². The highest BCUT2D eigenvalue weighted by Crippen LogP contribution is 2.35. The maximum Gasteiger partial charge on any atom is 0.408 e. The lowest BCUT2D eigenvalue weighted by Gasteiger charge is -2.35. The van der Waals surface area contributed by atoms with E-state index in [9.17, 15) is 14.7 Å². The number of nitrogens with zero attached hydrogens (tertiary/aromatic N) is 1. The van der Waals surface area contributed by atoms with Gasteiger partial charge in [-0.15, -0.1) is 0 Å². The summed E-state index contributed by atoms with van der Waals surface area (Å²) in [6.45, 7) is 0.0889. The molecule has 0 radical (unpaired) electrons. The Morgan fingerprint density at radius 2 is 2.04 bits per heavy atom. The van der Waals surface area contributed by atoms with E-state index < -0.39 is 17.6 Å². The van der Waals surface area contributed by atoms with E-state index >= 15 is 0 Å². The summed E-state index contributed by atoms with van der Waals surface area (Å²) in [5.41, 5.74) is 0.789. The zero-order valence-electron chi connectivity index (χ0n) is 13.1. The number of amides is 1. The molecule has 6 heteroatoms. The van der Waals surface area contributed by atoms with Gasteiger partial charge in [0.2, 0.25) is 0 Å². The predicted molar refractivity (Wildman–Crippen MR) is 86.3 cm³/mol. The fraction of sp³-hybridized carbons (Fsp3) is 0.278. The molecule has 1 aliphatic rings. The second kappa shape index (κ2) is 6.70. The van der Waals surface area contributed by atoms with Crippen molar-refractivity contribution in [2.75, 3.05) is 0 Å². The second-order valence-corrected chi connectivity index (χ2v) is 5.78. The fourth-order valence-electron chi connectivity index (χ4n) is 3.06. The number of carbonyl (C=O) groups excluding carboxylic acids is 1. The van der Waals surface area contributed by atoms with Crippen LogP contribution in [0.2, 0.25) is 0 Å². The third-order valence-corrected chi connectivity index (χ3v) is 4.25. The van der Waals surface area contributed by atoms with Gasteiger partial charge in [-0.3, -0.25) is 4.98 Å². The van der Waals surface area contributed by atoms with Crippen molar-refractivity contribution in [2.24, 2.45) is 0 Å². The van der Waals surface area contributed by atoms with Crippen LogP contribution in [-0.2, 0) is 28.1 Å². The molecule has 2 aromatic rings. The molecule has 24 heavy (non-hydrogen) atoms. The van der Waals surface area contributed by atoms with Crippen LogP contribution in [0.25, 0.3) is 0 Å². The lowest BCUT2D eigenvalue weighted by atomic mass is 9.77. The number of nitrogens with one attached hydrogen (secondary N) is 1. The standard InChI is InChI=1S/C18H18N2O4/c21-16(22)18(9-4-7-14-11-19-10-8-15(14)18)20-17(23)24-12-13-5-2-1-3-6-13/h1-3,5-6,8,10-11H,4,7,9,12H2,(H,20,23)(H,21,22). The topological polar surface area (TPSA) is 88.5 Å². The van der Waals surface area contributed by atoms with E-state index in [1.54, 1.807) is 18.5 Å². The second-order valence-electron chi connectivity index (χ2n) is 5.78. The number of ether oxygens (including phenoxy) is 1. The predicted octanol–water partition coefficient (Wildman–Crippen LogP) is 2.62. The Balaban J connectivity index is 1.78. The van der Waals surface area contributed by atoms with Gasteiger partial charge in [-0.1, -0.05) is 30.3 Å². The Hall–Kier alpha value is -2.89. The number of benzene rings is 1. The highest BCUT2D eigenvalue weighted by molar-refractivity contribution is 5.86. The van der Waals surface area contributed by atoms with Crippen molar-refractivity contribution < 1.29 is 19.4 Å². The van der Waals surface area contributed by atoms with Gasteiger partial charge < -0.3 is 15.2 Å². The summed E-state index contributed by atoms with van der Waals surface area (Å²) in [7, 11) is 0. The molecule has 1 amide bonds. The normalized spacial score (nSPS) is 19.2. The Kier molecular flexibility index (Phi) is 4.46. The summed E-state index contributed by atoms with van der Waals surface area (Å²) in [6.07, 6.45) is 4.18. The Morgan fingerprint density at radius 1 is 1.25 bits per heavy atom. The number of aromatic nitrogens is 1. The first-order valence-electron chi connectivity index (χ1n) is 7.77. The van der Waals surface area contributed by atoms with Gasteiger partial charge in [0.1, 0.15) is 6.61 Å². The van der Waals surface area contributed by atoms with Crippen LogP contribution in [0.3, 0.4) is 0 Å². The summed E-state index contributed by atoms with van der Waals surface area (Å²) in [4.78, 5) is 28.2. The van der Waals surface area contributed by atoms with Crippen molar-refractivity contribution in [2.45, 2.75) is 31.4 Å². The number of rotatable bonds is 4. The fourth-order valence-corrected chi connectivity index (χ4v) is 3.06. The van der Waals surface area contributed by atoms with Crippen LogP contribution >= 0.6 is 0 Å². The minimum atomic E-state index is -1.47. The number of hydrogen-bond acceptors (Lipinski definition) is 4. The molecule has 1 unspecified atom stereocenters. The molecule has 0 saturated heterocycles. The van der Waals surface area contributed by atoms with E-state index in [1.165, 1.54) is 0 Å². The third kappa shape index (κ3) is 3.08. The van der Waals surface area contributed by atoms with Crippen LogP contribution in [-0.4, -0.2) is 22.2 Å². The summed E-state index contributed by atoms with van der Waals surface area (Å²) < 4.78 is 5.19. The first-order chi connectivity index (χ1) is 11.6. The molecule has 1 aromatic carbocycles. The largest absolute Gasteiger partial charge is 0.479 e. The van der Waals surface area contributed by atoms with Crippen LogP contribution in [0.5, 0.6) is 0 Å². The van der Waals surface area contributed by atoms with E-state index in [0.717, 1.165) is 17.5 Å². The summed E-state index contributed by atoms with van der Waals surface area (Å²) >= 11 is 0. The minimum absolute atomic E-state index is 0.0889. The highest BCUT2D eigenvalue weighted by atomic mass is 16.5.